The smallest absolute Gasteiger partial charge is 0.257 e. The molecule has 0 aliphatic carbocycles. The summed E-state index contributed by atoms with van der Waals surface area (Å²) in [7, 11) is 1.26. The van der Waals surface area contributed by atoms with E-state index in [0.717, 1.165) is 6.07 Å². The van der Waals surface area contributed by atoms with Crippen molar-refractivity contribution in [1.29, 1.82) is 0 Å². The molecule has 1 atom stereocenters. The van der Waals surface area contributed by atoms with Crippen molar-refractivity contribution < 1.29 is 17.9 Å². The molecule has 86 valence electrons. The number of rotatable bonds is 3. The minimum atomic E-state index is -2.68. The third kappa shape index (κ3) is 3.28. The Hall–Kier alpha value is -0.940. The van der Waals surface area contributed by atoms with Gasteiger partial charge in [-0.3, -0.25) is 0 Å². The lowest BCUT2D eigenvalue weighted by atomic mass is 10.1. The van der Waals surface area contributed by atoms with E-state index < -0.39 is 18.3 Å². The molecule has 0 saturated carbocycles. The third-order valence-corrected chi connectivity index (χ3v) is 1.83. The molecule has 2 nitrogen and oxygen atoms in total. The molecule has 0 saturated heterocycles. The molecule has 0 spiro atoms. The summed E-state index contributed by atoms with van der Waals surface area (Å²) >= 11 is 0. The van der Waals surface area contributed by atoms with Gasteiger partial charge < -0.3 is 10.5 Å². The van der Waals surface area contributed by atoms with E-state index in [2.05, 4.69) is 4.74 Å². The SMILES string of the molecule is COc1cc([C@H](N)C(F)F)ccc1F.Cl. The topological polar surface area (TPSA) is 35.2 Å². The van der Waals surface area contributed by atoms with Crippen molar-refractivity contribution in [3.8, 4) is 5.75 Å². The zero-order valence-corrected chi connectivity index (χ0v) is 8.73. The number of benzene rings is 1. The van der Waals surface area contributed by atoms with E-state index in [9.17, 15) is 13.2 Å². The molecule has 0 fully saturated rings. The average Bonchev–Trinajstić information content (AvgIpc) is 2.17. The van der Waals surface area contributed by atoms with E-state index in [1.807, 2.05) is 0 Å². The first-order valence-electron chi connectivity index (χ1n) is 3.93. The quantitative estimate of drug-likeness (QED) is 0.883. The van der Waals surface area contributed by atoms with Crippen LogP contribution in [0.3, 0.4) is 0 Å². The Labute approximate surface area is 91.6 Å². The van der Waals surface area contributed by atoms with Crippen LogP contribution in [0.2, 0.25) is 0 Å². The van der Waals surface area contributed by atoms with E-state index in [1.54, 1.807) is 0 Å². The Bertz CT molecular complexity index is 322. The van der Waals surface area contributed by atoms with Crippen LogP contribution in [0.1, 0.15) is 11.6 Å². The Morgan fingerprint density at radius 3 is 2.40 bits per heavy atom. The van der Waals surface area contributed by atoms with E-state index in [4.69, 9.17) is 5.73 Å². The summed E-state index contributed by atoms with van der Waals surface area (Å²) in [6.07, 6.45) is -2.68. The maximum absolute atomic E-state index is 12.9. The largest absolute Gasteiger partial charge is 0.494 e. The molecule has 0 aliphatic rings. The monoisotopic (exact) mass is 241 g/mol. The molecule has 0 amide bonds. The van der Waals surface area contributed by atoms with Crippen molar-refractivity contribution >= 4 is 12.4 Å². The second-order valence-corrected chi connectivity index (χ2v) is 2.75. The zero-order chi connectivity index (χ0) is 10.7. The minimum absolute atomic E-state index is 0. The Morgan fingerprint density at radius 2 is 1.93 bits per heavy atom. The van der Waals surface area contributed by atoms with Crippen molar-refractivity contribution in [3.63, 3.8) is 0 Å². The summed E-state index contributed by atoms with van der Waals surface area (Å²) < 4.78 is 41.9. The maximum Gasteiger partial charge on any atom is 0.257 e. The number of hydrogen-bond donors (Lipinski definition) is 1. The summed E-state index contributed by atoms with van der Waals surface area (Å²) in [5.74, 6) is -0.684. The van der Waals surface area contributed by atoms with Gasteiger partial charge in [-0.2, -0.15) is 0 Å². The molecule has 1 aromatic carbocycles. The third-order valence-electron chi connectivity index (χ3n) is 1.83. The van der Waals surface area contributed by atoms with Gasteiger partial charge in [0.1, 0.15) is 0 Å². The van der Waals surface area contributed by atoms with Gasteiger partial charge in [-0.15, -0.1) is 12.4 Å². The van der Waals surface area contributed by atoms with Crippen LogP contribution in [0, 0.1) is 5.82 Å². The number of hydrogen-bond acceptors (Lipinski definition) is 2. The molecule has 15 heavy (non-hydrogen) atoms. The van der Waals surface area contributed by atoms with Crippen LogP contribution >= 0.6 is 12.4 Å². The first-order valence-corrected chi connectivity index (χ1v) is 3.93. The van der Waals surface area contributed by atoms with Crippen molar-refractivity contribution in [1.82, 2.24) is 0 Å². The second-order valence-electron chi connectivity index (χ2n) is 2.75. The van der Waals surface area contributed by atoms with Crippen molar-refractivity contribution in [3.05, 3.63) is 29.6 Å². The number of methoxy groups -OCH3 is 1. The average molecular weight is 242 g/mol. The first-order chi connectivity index (χ1) is 6.56. The minimum Gasteiger partial charge on any atom is -0.494 e. The summed E-state index contributed by atoms with van der Waals surface area (Å²) in [6, 6.07) is 2.03. The summed E-state index contributed by atoms with van der Waals surface area (Å²) in [4.78, 5) is 0. The molecule has 6 heteroatoms. The highest BCUT2D eigenvalue weighted by Crippen LogP contribution is 2.24. The van der Waals surface area contributed by atoms with Gasteiger partial charge in [-0.1, -0.05) is 6.07 Å². The zero-order valence-electron chi connectivity index (χ0n) is 7.91. The van der Waals surface area contributed by atoms with Crippen LogP contribution in [0.15, 0.2) is 18.2 Å². The van der Waals surface area contributed by atoms with Crippen molar-refractivity contribution in [2.45, 2.75) is 12.5 Å². The van der Waals surface area contributed by atoms with Gasteiger partial charge >= 0.3 is 0 Å². The number of nitrogens with two attached hydrogens (primary N) is 1. The van der Waals surface area contributed by atoms with Gasteiger partial charge in [-0.25, -0.2) is 13.2 Å². The summed E-state index contributed by atoms with van der Waals surface area (Å²) in [6.45, 7) is 0. The van der Waals surface area contributed by atoms with Gasteiger partial charge in [0.15, 0.2) is 11.6 Å². The fourth-order valence-corrected chi connectivity index (χ4v) is 1.03. The van der Waals surface area contributed by atoms with Gasteiger partial charge in [0.05, 0.1) is 13.2 Å². The lowest BCUT2D eigenvalue weighted by molar-refractivity contribution is 0.116. The van der Waals surface area contributed by atoms with Crippen LogP contribution in [0.4, 0.5) is 13.2 Å². The number of alkyl halides is 2. The standard InChI is InChI=1S/C9H10F3NO.ClH/c1-14-7-4-5(2-3-6(7)10)8(13)9(11)12;/h2-4,8-9H,13H2,1H3;1H/t8-;/m0./s1. The molecule has 1 aromatic rings. The second kappa shape index (κ2) is 5.82. The van der Waals surface area contributed by atoms with E-state index in [1.165, 1.54) is 19.2 Å². The van der Waals surface area contributed by atoms with Gasteiger partial charge in [0.25, 0.3) is 6.43 Å². The summed E-state index contributed by atoms with van der Waals surface area (Å²) in [5.41, 5.74) is 5.33. The lowest BCUT2D eigenvalue weighted by Gasteiger charge is -2.12. The first kappa shape index (κ1) is 14.1. The molecular formula is C9H11ClF3NO. The predicted octanol–water partition coefficient (Wildman–Crippen LogP) is 2.52. The van der Waals surface area contributed by atoms with Gasteiger partial charge in [-0.05, 0) is 17.7 Å². The predicted molar refractivity (Wildman–Crippen MR) is 53.1 cm³/mol. The van der Waals surface area contributed by atoms with Crippen LogP contribution in [-0.2, 0) is 0 Å². The molecule has 1 rings (SSSR count). The van der Waals surface area contributed by atoms with Crippen LogP contribution in [0.25, 0.3) is 0 Å². The van der Waals surface area contributed by atoms with Crippen LogP contribution < -0.4 is 10.5 Å². The van der Waals surface area contributed by atoms with Crippen molar-refractivity contribution in [2.24, 2.45) is 5.73 Å². The van der Waals surface area contributed by atoms with Crippen molar-refractivity contribution in [2.75, 3.05) is 7.11 Å². The van der Waals surface area contributed by atoms with E-state index in [0.29, 0.717) is 0 Å². The fourth-order valence-electron chi connectivity index (χ4n) is 1.03. The highest BCUT2D eigenvalue weighted by Gasteiger charge is 2.18. The Balaban J connectivity index is 0.00000196. The molecule has 0 unspecified atom stereocenters. The molecular weight excluding hydrogens is 231 g/mol. The molecule has 0 aliphatic heterocycles. The van der Waals surface area contributed by atoms with Crippen LogP contribution in [-0.4, -0.2) is 13.5 Å². The fraction of sp³-hybridized carbons (Fsp3) is 0.333. The van der Waals surface area contributed by atoms with Gasteiger partial charge in [0.2, 0.25) is 0 Å². The highest BCUT2D eigenvalue weighted by molar-refractivity contribution is 5.85. The van der Waals surface area contributed by atoms with Gasteiger partial charge in [0, 0.05) is 0 Å². The van der Waals surface area contributed by atoms with E-state index in [-0.39, 0.29) is 23.7 Å². The molecule has 0 aromatic heterocycles. The normalized spacial score (nSPS) is 12.1. The molecule has 0 bridgehead atoms. The highest BCUT2D eigenvalue weighted by atomic mass is 35.5. The van der Waals surface area contributed by atoms with E-state index >= 15 is 0 Å². The molecule has 0 heterocycles. The lowest BCUT2D eigenvalue weighted by Crippen LogP contribution is -2.18. The Morgan fingerprint density at radius 1 is 1.33 bits per heavy atom. The number of halogens is 4. The van der Waals surface area contributed by atoms with Crippen LogP contribution in [0.5, 0.6) is 5.75 Å². The maximum atomic E-state index is 12.9. The molecule has 0 radical (unpaired) electrons. The Kier molecular flexibility index (Phi) is 5.46. The molecule has 2 N–H and O–H groups in total. The number of ether oxygens (including phenoxy) is 1. The summed E-state index contributed by atoms with van der Waals surface area (Å²) in [5, 5.41) is 0.